The number of benzene rings is 2. The third-order valence-electron chi connectivity index (χ3n) is 3.88. The summed E-state index contributed by atoms with van der Waals surface area (Å²) in [5.41, 5.74) is 1.14. The molecule has 5 nitrogen and oxygen atoms in total. The standard InChI is InChI=1S/C20H23NO4/c1-20(2,19(23)24)14-21-18(22)13-25-17-11-7-6-10-16(17)12-15-8-4-3-5-9-15/h3-11H,12-14H2,1-2H3,(H,21,22)(H,23,24). The Morgan fingerprint density at radius 3 is 2.36 bits per heavy atom. The van der Waals surface area contributed by atoms with Gasteiger partial charge in [0, 0.05) is 13.0 Å². The minimum Gasteiger partial charge on any atom is -0.483 e. The highest BCUT2D eigenvalue weighted by molar-refractivity contribution is 5.79. The minimum absolute atomic E-state index is 0.0518. The van der Waals surface area contributed by atoms with Crippen LogP contribution in [0.5, 0.6) is 5.75 Å². The summed E-state index contributed by atoms with van der Waals surface area (Å²) in [6.07, 6.45) is 0.713. The molecule has 25 heavy (non-hydrogen) atoms. The number of rotatable bonds is 8. The lowest BCUT2D eigenvalue weighted by Crippen LogP contribution is -2.40. The molecular weight excluding hydrogens is 318 g/mol. The van der Waals surface area contributed by atoms with Crippen LogP contribution in [-0.2, 0) is 16.0 Å². The average molecular weight is 341 g/mol. The molecule has 132 valence electrons. The van der Waals surface area contributed by atoms with Crippen molar-refractivity contribution in [1.82, 2.24) is 5.32 Å². The minimum atomic E-state index is -1.01. The molecule has 0 bridgehead atoms. The number of carbonyl (C=O) groups excluding carboxylic acids is 1. The fourth-order valence-corrected chi connectivity index (χ4v) is 2.20. The zero-order chi connectivity index (χ0) is 18.3. The summed E-state index contributed by atoms with van der Waals surface area (Å²) in [5, 5.41) is 11.7. The molecule has 0 aliphatic heterocycles. The largest absolute Gasteiger partial charge is 0.483 e. The number of carboxylic acid groups (broad SMARTS) is 1. The second kappa shape index (κ2) is 8.33. The van der Waals surface area contributed by atoms with Gasteiger partial charge >= 0.3 is 5.97 Å². The van der Waals surface area contributed by atoms with E-state index in [0.29, 0.717) is 12.2 Å². The van der Waals surface area contributed by atoms with E-state index in [9.17, 15) is 9.59 Å². The molecule has 0 aliphatic rings. The van der Waals surface area contributed by atoms with E-state index in [4.69, 9.17) is 9.84 Å². The summed E-state index contributed by atoms with van der Waals surface area (Å²) in [5.74, 6) is -0.648. The molecule has 0 aromatic heterocycles. The first-order chi connectivity index (χ1) is 11.9. The van der Waals surface area contributed by atoms with Crippen LogP contribution in [0.25, 0.3) is 0 Å². The molecule has 5 heteroatoms. The van der Waals surface area contributed by atoms with Crippen molar-refractivity contribution in [2.75, 3.05) is 13.2 Å². The molecule has 0 unspecified atom stereocenters. The monoisotopic (exact) mass is 341 g/mol. The second-order valence-electron chi connectivity index (χ2n) is 6.52. The van der Waals surface area contributed by atoms with Gasteiger partial charge in [-0.2, -0.15) is 0 Å². The molecule has 0 fully saturated rings. The summed E-state index contributed by atoms with van der Waals surface area (Å²) in [4.78, 5) is 23.0. The molecule has 2 N–H and O–H groups in total. The van der Waals surface area contributed by atoms with Crippen LogP contribution in [0.2, 0.25) is 0 Å². The smallest absolute Gasteiger partial charge is 0.310 e. The first-order valence-electron chi connectivity index (χ1n) is 8.13. The lowest BCUT2D eigenvalue weighted by molar-refractivity contribution is -0.146. The number of para-hydroxylation sites is 1. The van der Waals surface area contributed by atoms with E-state index in [-0.39, 0.29) is 19.1 Å². The van der Waals surface area contributed by atoms with E-state index >= 15 is 0 Å². The van der Waals surface area contributed by atoms with Crippen molar-refractivity contribution < 1.29 is 19.4 Å². The maximum atomic E-state index is 11.9. The number of carboxylic acids is 1. The van der Waals surface area contributed by atoms with Crippen LogP contribution in [-0.4, -0.2) is 30.1 Å². The maximum Gasteiger partial charge on any atom is 0.310 e. The van der Waals surface area contributed by atoms with Crippen LogP contribution in [0, 0.1) is 5.41 Å². The third kappa shape index (κ3) is 5.64. The molecular formula is C20H23NO4. The fourth-order valence-electron chi connectivity index (χ4n) is 2.20. The Kier molecular flexibility index (Phi) is 6.17. The van der Waals surface area contributed by atoms with E-state index in [0.717, 1.165) is 11.1 Å². The highest BCUT2D eigenvalue weighted by Crippen LogP contribution is 2.21. The van der Waals surface area contributed by atoms with Crippen molar-refractivity contribution in [2.24, 2.45) is 5.41 Å². The van der Waals surface area contributed by atoms with Crippen molar-refractivity contribution in [3.63, 3.8) is 0 Å². The van der Waals surface area contributed by atoms with Gasteiger partial charge in [-0.25, -0.2) is 0 Å². The van der Waals surface area contributed by atoms with Gasteiger partial charge in [0.1, 0.15) is 5.75 Å². The van der Waals surface area contributed by atoms with Crippen LogP contribution in [0.3, 0.4) is 0 Å². The Bertz CT molecular complexity index is 725. The molecule has 0 aliphatic carbocycles. The van der Waals surface area contributed by atoms with Crippen LogP contribution < -0.4 is 10.1 Å². The van der Waals surface area contributed by atoms with Crippen LogP contribution in [0.4, 0.5) is 0 Å². The van der Waals surface area contributed by atoms with Gasteiger partial charge in [-0.3, -0.25) is 9.59 Å². The van der Waals surface area contributed by atoms with Gasteiger partial charge in [-0.15, -0.1) is 0 Å². The summed E-state index contributed by atoms with van der Waals surface area (Å²) in [6, 6.07) is 17.6. The third-order valence-corrected chi connectivity index (χ3v) is 3.88. The lowest BCUT2D eigenvalue weighted by atomic mass is 9.94. The van der Waals surface area contributed by atoms with Gasteiger partial charge in [0.05, 0.1) is 5.41 Å². The quantitative estimate of drug-likeness (QED) is 0.774. The van der Waals surface area contributed by atoms with E-state index < -0.39 is 11.4 Å². The SMILES string of the molecule is CC(C)(CNC(=O)COc1ccccc1Cc1ccccc1)C(=O)O. The second-order valence-corrected chi connectivity index (χ2v) is 6.52. The highest BCUT2D eigenvalue weighted by Gasteiger charge is 2.27. The first-order valence-corrected chi connectivity index (χ1v) is 8.13. The number of hydrogen-bond donors (Lipinski definition) is 2. The predicted molar refractivity (Wildman–Crippen MR) is 95.6 cm³/mol. The number of nitrogens with one attached hydrogen (secondary N) is 1. The average Bonchev–Trinajstić information content (AvgIpc) is 2.60. The Balaban J connectivity index is 1.92. The van der Waals surface area contributed by atoms with Crippen LogP contribution in [0.15, 0.2) is 54.6 Å². The summed E-state index contributed by atoms with van der Waals surface area (Å²) in [7, 11) is 0. The maximum absolute atomic E-state index is 11.9. The van der Waals surface area contributed by atoms with E-state index in [2.05, 4.69) is 5.32 Å². The molecule has 2 aromatic rings. The molecule has 0 heterocycles. The Morgan fingerprint density at radius 1 is 1.04 bits per heavy atom. The molecule has 0 radical (unpaired) electrons. The lowest BCUT2D eigenvalue weighted by Gasteiger charge is -2.19. The zero-order valence-corrected chi connectivity index (χ0v) is 14.5. The topological polar surface area (TPSA) is 75.6 Å². The van der Waals surface area contributed by atoms with Crippen molar-refractivity contribution in [1.29, 1.82) is 0 Å². The number of carbonyl (C=O) groups is 2. The number of aliphatic carboxylic acids is 1. The van der Waals surface area contributed by atoms with E-state index in [1.54, 1.807) is 13.8 Å². The van der Waals surface area contributed by atoms with Gasteiger partial charge in [0.2, 0.25) is 0 Å². The Hall–Kier alpha value is -2.82. The highest BCUT2D eigenvalue weighted by atomic mass is 16.5. The summed E-state index contributed by atoms with van der Waals surface area (Å²) < 4.78 is 5.64. The van der Waals surface area contributed by atoms with Crippen molar-refractivity contribution in [2.45, 2.75) is 20.3 Å². The normalized spacial score (nSPS) is 11.0. The van der Waals surface area contributed by atoms with Gasteiger partial charge in [-0.1, -0.05) is 48.5 Å². The number of hydrogen-bond acceptors (Lipinski definition) is 3. The summed E-state index contributed by atoms with van der Waals surface area (Å²) in [6.45, 7) is 3.02. The van der Waals surface area contributed by atoms with Crippen LogP contribution >= 0.6 is 0 Å². The predicted octanol–water partition coefficient (Wildman–Crippen LogP) is 2.88. The van der Waals surface area contributed by atoms with Crippen molar-refractivity contribution >= 4 is 11.9 Å². The van der Waals surface area contributed by atoms with Gasteiger partial charge < -0.3 is 15.2 Å². The number of ether oxygens (including phenoxy) is 1. The summed E-state index contributed by atoms with van der Waals surface area (Å²) >= 11 is 0. The molecule has 2 aromatic carbocycles. The van der Waals surface area contributed by atoms with Crippen molar-refractivity contribution in [3.05, 3.63) is 65.7 Å². The molecule has 0 atom stereocenters. The van der Waals surface area contributed by atoms with Gasteiger partial charge in [0.25, 0.3) is 5.91 Å². The Morgan fingerprint density at radius 2 is 1.68 bits per heavy atom. The van der Waals surface area contributed by atoms with Gasteiger partial charge in [-0.05, 0) is 31.0 Å². The van der Waals surface area contributed by atoms with Crippen LogP contribution in [0.1, 0.15) is 25.0 Å². The molecule has 0 saturated carbocycles. The first kappa shape index (κ1) is 18.5. The molecule has 0 spiro atoms. The van der Waals surface area contributed by atoms with E-state index in [1.165, 1.54) is 0 Å². The van der Waals surface area contributed by atoms with Crippen molar-refractivity contribution in [3.8, 4) is 5.75 Å². The van der Waals surface area contributed by atoms with E-state index in [1.807, 2.05) is 54.6 Å². The molecule has 1 amide bonds. The number of amides is 1. The fraction of sp³-hybridized carbons (Fsp3) is 0.300. The Labute approximate surface area is 147 Å². The molecule has 0 saturated heterocycles. The van der Waals surface area contributed by atoms with Gasteiger partial charge in [0.15, 0.2) is 6.61 Å². The molecule has 2 rings (SSSR count). The zero-order valence-electron chi connectivity index (χ0n) is 14.5.